The third kappa shape index (κ3) is 3.78. The van der Waals surface area contributed by atoms with Crippen molar-refractivity contribution in [1.82, 2.24) is 19.7 Å². The lowest BCUT2D eigenvalue weighted by Gasteiger charge is -2.32. The van der Waals surface area contributed by atoms with Gasteiger partial charge in [-0.2, -0.15) is 0 Å². The molecule has 7 heteroatoms. The van der Waals surface area contributed by atoms with Gasteiger partial charge < -0.3 is 20.4 Å². The largest absolute Gasteiger partial charge is 0.369 e. The van der Waals surface area contributed by atoms with Gasteiger partial charge >= 0.3 is 0 Å². The fraction of sp³-hybridized carbons (Fsp3) is 0.350. The molecule has 0 bridgehead atoms. The van der Waals surface area contributed by atoms with Crippen LogP contribution >= 0.6 is 0 Å². The highest BCUT2D eigenvalue weighted by Crippen LogP contribution is 2.24. The highest BCUT2D eigenvalue weighted by molar-refractivity contribution is 5.77. The van der Waals surface area contributed by atoms with E-state index in [0.717, 1.165) is 61.6 Å². The van der Waals surface area contributed by atoms with Gasteiger partial charge in [-0.25, -0.2) is 9.97 Å². The number of hydrogen-bond donors (Lipinski definition) is 2. The SMILES string of the molecule is NC(=O)C1CCN(c2ncccc2CNCc2cccc3cncn23)CC1. The number of rotatable bonds is 6. The number of nitrogens with two attached hydrogens (primary N) is 1. The van der Waals surface area contributed by atoms with Crippen molar-refractivity contribution in [2.45, 2.75) is 25.9 Å². The summed E-state index contributed by atoms with van der Waals surface area (Å²) >= 11 is 0. The maximum absolute atomic E-state index is 11.4. The third-order valence-corrected chi connectivity index (χ3v) is 5.22. The van der Waals surface area contributed by atoms with E-state index in [2.05, 4.69) is 36.7 Å². The first-order chi connectivity index (χ1) is 13.2. The number of anilines is 1. The molecule has 27 heavy (non-hydrogen) atoms. The van der Waals surface area contributed by atoms with Crippen molar-refractivity contribution in [3.05, 3.63) is 60.3 Å². The van der Waals surface area contributed by atoms with Gasteiger partial charge in [-0.05, 0) is 31.0 Å². The summed E-state index contributed by atoms with van der Waals surface area (Å²) in [5, 5.41) is 3.52. The van der Waals surface area contributed by atoms with E-state index in [1.165, 1.54) is 0 Å². The Kier molecular flexibility index (Phi) is 5.02. The molecule has 7 nitrogen and oxygen atoms in total. The number of pyridine rings is 2. The lowest BCUT2D eigenvalue weighted by molar-refractivity contribution is -0.122. The van der Waals surface area contributed by atoms with Crippen LogP contribution in [-0.2, 0) is 17.9 Å². The molecule has 4 heterocycles. The Bertz CT molecular complexity index is 929. The summed E-state index contributed by atoms with van der Waals surface area (Å²) in [6.45, 7) is 3.09. The quantitative estimate of drug-likeness (QED) is 0.695. The monoisotopic (exact) mass is 364 g/mol. The van der Waals surface area contributed by atoms with Crippen molar-refractivity contribution in [3.63, 3.8) is 0 Å². The van der Waals surface area contributed by atoms with Crippen molar-refractivity contribution in [3.8, 4) is 0 Å². The van der Waals surface area contributed by atoms with Crippen molar-refractivity contribution in [2.24, 2.45) is 11.7 Å². The molecule has 0 radical (unpaired) electrons. The molecule has 3 N–H and O–H groups in total. The van der Waals surface area contributed by atoms with Crippen LogP contribution in [0, 0.1) is 5.92 Å². The number of imidazole rings is 1. The average Bonchev–Trinajstić information content (AvgIpc) is 3.18. The first-order valence-corrected chi connectivity index (χ1v) is 9.31. The number of nitrogens with one attached hydrogen (secondary N) is 1. The summed E-state index contributed by atoms with van der Waals surface area (Å²) in [5.41, 5.74) is 8.86. The van der Waals surface area contributed by atoms with Gasteiger partial charge in [0, 0.05) is 49.6 Å². The topological polar surface area (TPSA) is 88.5 Å². The zero-order valence-electron chi connectivity index (χ0n) is 15.2. The molecule has 1 aliphatic heterocycles. The molecule has 0 saturated carbocycles. The molecule has 0 unspecified atom stereocenters. The van der Waals surface area contributed by atoms with Crippen LogP contribution in [0.1, 0.15) is 24.1 Å². The van der Waals surface area contributed by atoms with E-state index in [0.29, 0.717) is 0 Å². The van der Waals surface area contributed by atoms with Crippen LogP contribution in [0.25, 0.3) is 5.52 Å². The van der Waals surface area contributed by atoms with Gasteiger partial charge in [-0.1, -0.05) is 12.1 Å². The second-order valence-electron chi connectivity index (χ2n) is 6.96. The molecule has 1 fully saturated rings. The molecular formula is C20H24N6O. The predicted octanol–water partition coefficient (Wildman–Crippen LogP) is 1.72. The van der Waals surface area contributed by atoms with Crippen LogP contribution in [0.3, 0.4) is 0 Å². The molecule has 1 aliphatic rings. The zero-order valence-corrected chi connectivity index (χ0v) is 15.2. The van der Waals surface area contributed by atoms with Crippen molar-refractivity contribution >= 4 is 17.2 Å². The molecule has 3 aromatic rings. The molecule has 140 valence electrons. The lowest BCUT2D eigenvalue weighted by Crippen LogP contribution is -2.39. The summed E-state index contributed by atoms with van der Waals surface area (Å²) in [5.74, 6) is 0.794. The second kappa shape index (κ2) is 7.75. The van der Waals surface area contributed by atoms with Crippen LogP contribution < -0.4 is 16.0 Å². The molecule has 1 saturated heterocycles. The summed E-state index contributed by atoms with van der Waals surface area (Å²) < 4.78 is 2.09. The number of hydrogen-bond acceptors (Lipinski definition) is 5. The number of amides is 1. The van der Waals surface area contributed by atoms with Crippen LogP contribution in [-0.4, -0.2) is 33.4 Å². The number of nitrogens with zero attached hydrogens (tertiary/aromatic N) is 4. The maximum atomic E-state index is 11.4. The standard InChI is InChI=1S/C20H24N6O/c21-19(27)15-6-9-25(10-7-15)20-16(3-2-8-24-20)11-22-12-17-4-1-5-18-13-23-14-26(17)18/h1-5,8,13-15,22H,6-7,9-12H2,(H2,21,27). The fourth-order valence-corrected chi connectivity index (χ4v) is 3.70. The lowest BCUT2D eigenvalue weighted by atomic mass is 9.96. The molecule has 0 atom stereocenters. The van der Waals surface area contributed by atoms with Gasteiger partial charge in [0.1, 0.15) is 5.82 Å². The Balaban J connectivity index is 1.41. The third-order valence-electron chi connectivity index (χ3n) is 5.22. The van der Waals surface area contributed by atoms with Crippen molar-refractivity contribution in [2.75, 3.05) is 18.0 Å². The first-order valence-electron chi connectivity index (χ1n) is 9.31. The number of fused-ring (bicyclic) bond motifs is 1. The minimum Gasteiger partial charge on any atom is -0.369 e. The Morgan fingerprint density at radius 3 is 2.85 bits per heavy atom. The van der Waals surface area contributed by atoms with Crippen molar-refractivity contribution < 1.29 is 4.79 Å². The van der Waals surface area contributed by atoms with Gasteiger partial charge in [0.15, 0.2) is 0 Å². The van der Waals surface area contributed by atoms with E-state index in [4.69, 9.17) is 5.73 Å². The fourth-order valence-electron chi connectivity index (χ4n) is 3.70. The van der Waals surface area contributed by atoms with E-state index in [9.17, 15) is 4.79 Å². The molecule has 0 spiro atoms. The van der Waals surface area contributed by atoms with E-state index < -0.39 is 0 Å². The minimum atomic E-state index is -0.189. The second-order valence-corrected chi connectivity index (χ2v) is 6.96. The number of aromatic nitrogens is 3. The summed E-state index contributed by atoms with van der Waals surface area (Å²) in [6, 6.07) is 10.3. The molecule has 3 aromatic heterocycles. The van der Waals surface area contributed by atoms with Gasteiger partial charge in [0.25, 0.3) is 0 Å². The normalized spacial score (nSPS) is 15.3. The zero-order chi connectivity index (χ0) is 18.6. The van der Waals surface area contributed by atoms with E-state index >= 15 is 0 Å². The van der Waals surface area contributed by atoms with Gasteiger partial charge in [-0.15, -0.1) is 0 Å². The van der Waals surface area contributed by atoms with Gasteiger partial charge in [0.05, 0.1) is 18.0 Å². The minimum absolute atomic E-state index is 0.0118. The summed E-state index contributed by atoms with van der Waals surface area (Å²) in [6.07, 6.45) is 7.11. The number of carbonyl (C=O) groups excluding carboxylic acids is 1. The molecule has 0 aliphatic carbocycles. The molecule has 0 aromatic carbocycles. The average molecular weight is 364 g/mol. The van der Waals surface area contributed by atoms with E-state index in [-0.39, 0.29) is 11.8 Å². The Morgan fingerprint density at radius 2 is 2.04 bits per heavy atom. The Labute approximate surface area is 158 Å². The van der Waals surface area contributed by atoms with Crippen LogP contribution in [0.4, 0.5) is 5.82 Å². The summed E-state index contributed by atoms with van der Waals surface area (Å²) in [4.78, 5) is 22.4. The molecular weight excluding hydrogens is 340 g/mol. The van der Waals surface area contributed by atoms with Crippen LogP contribution in [0.2, 0.25) is 0 Å². The first kappa shape index (κ1) is 17.5. The number of carbonyl (C=O) groups is 1. The van der Waals surface area contributed by atoms with E-state index in [1.807, 2.05) is 36.9 Å². The van der Waals surface area contributed by atoms with E-state index in [1.54, 1.807) is 0 Å². The van der Waals surface area contributed by atoms with Crippen LogP contribution in [0.15, 0.2) is 49.1 Å². The predicted molar refractivity (Wildman–Crippen MR) is 104 cm³/mol. The Morgan fingerprint density at radius 1 is 1.19 bits per heavy atom. The van der Waals surface area contributed by atoms with Crippen molar-refractivity contribution in [1.29, 1.82) is 0 Å². The Hall–Kier alpha value is -2.93. The van der Waals surface area contributed by atoms with Gasteiger partial charge in [0.2, 0.25) is 5.91 Å². The maximum Gasteiger partial charge on any atom is 0.220 e. The number of piperidine rings is 1. The van der Waals surface area contributed by atoms with Gasteiger partial charge in [-0.3, -0.25) is 4.79 Å². The molecule has 4 rings (SSSR count). The van der Waals surface area contributed by atoms with Crippen LogP contribution in [0.5, 0.6) is 0 Å². The smallest absolute Gasteiger partial charge is 0.220 e. The molecule has 1 amide bonds. The highest BCUT2D eigenvalue weighted by atomic mass is 16.1. The summed E-state index contributed by atoms with van der Waals surface area (Å²) in [7, 11) is 0. The highest BCUT2D eigenvalue weighted by Gasteiger charge is 2.24. The number of primary amides is 1.